The Morgan fingerprint density at radius 2 is 1.88 bits per heavy atom. The maximum atomic E-state index is 10.6. The van der Waals surface area contributed by atoms with Crippen molar-refractivity contribution < 1.29 is 4.79 Å². The second kappa shape index (κ2) is 4.65. The number of nitrogens with two attached hydrogens (primary N) is 1. The van der Waals surface area contributed by atoms with Crippen molar-refractivity contribution in [2.75, 3.05) is 0 Å². The van der Waals surface area contributed by atoms with Crippen molar-refractivity contribution in [3.63, 3.8) is 0 Å². The summed E-state index contributed by atoms with van der Waals surface area (Å²) in [5.41, 5.74) is 8.84. The van der Waals surface area contributed by atoms with Gasteiger partial charge >= 0.3 is 6.03 Å². The molecule has 0 saturated heterocycles. The zero-order valence-electron chi connectivity index (χ0n) is 9.47. The van der Waals surface area contributed by atoms with Crippen LogP contribution in [0.15, 0.2) is 47.6 Å². The molecule has 0 heterocycles. The number of nitrogens with zero attached hydrogens (tertiary/aromatic N) is 1. The summed E-state index contributed by atoms with van der Waals surface area (Å²) in [6.45, 7) is 1.82. The number of hydrogen-bond acceptors (Lipinski definition) is 2. The maximum Gasteiger partial charge on any atom is 0.332 e. The van der Waals surface area contributed by atoms with Gasteiger partial charge in [-0.05, 0) is 29.3 Å². The largest absolute Gasteiger partial charge is 0.350 e. The predicted octanol–water partition coefficient (Wildman–Crippen LogP) is 2.23. The van der Waals surface area contributed by atoms with E-state index in [1.165, 1.54) is 5.39 Å². The van der Waals surface area contributed by atoms with Crippen LogP contribution in [0.5, 0.6) is 0 Å². The molecule has 4 nitrogen and oxygen atoms in total. The lowest BCUT2D eigenvalue weighted by Crippen LogP contribution is -2.25. The third-order valence-corrected chi connectivity index (χ3v) is 2.50. The molecule has 2 aromatic carbocycles. The van der Waals surface area contributed by atoms with E-state index in [1.54, 1.807) is 0 Å². The number of hydrazone groups is 1. The summed E-state index contributed by atoms with van der Waals surface area (Å²) in [5, 5.41) is 6.20. The normalized spacial score (nSPS) is 11.5. The van der Waals surface area contributed by atoms with E-state index in [9.17, 15) is 4.79 Å². The smallest absolute Gasteiger partial charge is 0.332 e. The fourth-order valence-corrected chi connectivity index (χ4v) is 1.62. The lowest BCUT2D eigenvalue weighted by Gasteiger charge is -2.03. The van der Waals surface area contributed by atoms with E-state index < -0.39 is 6.03 Å². The van der Waals surface area contributed by atoms with Gasteiger partial charge in [-0.3, -0.25) is 0 Å². The second-order valence-corrected chi connectivity index (χ2v) is 3.74. The van der Waals surface area contributed by atoms with Crippen LogP contribution in [0.3, 0.4) is 0 Å². The highest BCUT2D eigenvalue weighted by Crippen LogP contribution is 2.15. The molecule has 3 N–H and O–H groups in total. The van der Waals surface area contributed by atoms with E-state index >= 15 is 0 Å². The van der Waals surface area contributed by atoms with Gasteiger partial charge in [0.05, 0.1) is 5.71 Å². The Morgan fingerprint density at radius 1 is 1.18 bits per heavy atom. The quantitative estimate of drug-likeness (QED) is 0.599. The molecule has 4 heteroatoms. The minimum Gasteiger partial charge on any atom is -0.350 e. The first-order valence-electron chi connectivity index (χ1n) is 5.26. The Kier molecular flexibility index (Phi) is 3.05. The van der Waals surface area contributed by atoms with Crippen molar-refractivity contribution in [1.29, 1.82) is 0 Å². The molecule has 0 atom stereocenters. The number of benzene rings is 2. The van der Waals surface area contributed by atoms with Crippen molar-refractivity contribution in [3.05, 3.63) is 48.0 Å². The zero-order chi connectivity index (χ0) is 12.3. The number of hydrogen-bond donors (Lipinski definition) is 2. The molecule has 0 aliphatic rings. The van der Waals surface area contributed by atoms with E-state index in [0.29, 0.717) is 0 Å². The van der Waals surface area contributed by atoms with E-state index in [4.69, 9.17) is 5.73 Å². The molecule has 0 radical (unpaired) electrons. The van der Waals surface area contributed by atoms with Gasteiger partial charge in [0.2, 0.25) is 0 Å². The van der Waals surface area contributed by atoms with Crippen molar-refractivity contribution in [3.8, 4) is 0 Å². The van der Waals surface area contributed by atoms with Crippen molar-refractivity contribution >= 4 is 22.5 Å². The summed E-state index contributed by atoms with van der Waals surface area (Å²) in [4.78, 5) is 10.6. The van der Waals surface area contributed by atoms with Gasteiger partial charge in [-0.1, -0.05) is 36.4 Å². The molecule has 2 rings (SSSR count). The van der Waals surface area contributed by atoms with Crippen LogP contribution in [0.4, 0.5) is 4.79 Å². The average Bonchev–Trinajstić information content (AvgIpc) is 2.35. The van der Waals surface area contributed by atoms with E-state index in [2.05, 4.69) is 10.5 Å². The Labute approximate surface area is 99.1 Å². The summed E-state index contributed by atoms with van der Waals surface area (Å²) in [6, 6.07) is 13.4. The van der Waals surface area contributed by atoms with Gasteiger partial charge in [-0.2, -0.15) is 5.10 Å². The number of carbonyl (C=O) groups is 1. The highest BCUT2D eigenvalue weighted by molar-refractivity contribution is 6.02. The molecule has 0 spiro atoms. The molecule has 86 valence electrons. The van der Waals surface area contributed by atoms with Crippen LogP contribution in [-0.2, 0) is 0 Å². The molecule has 0 bridgehead atoms. The minimum absolute atomic E-state index is 0.662. The van der Waals surface area contributed by atoms with Crippen molar-refractivity contribution in [2.45, 2.75) is 6.92 Å². The molecule has 0 fully saturated rings. The Balaban J connectivity index is 2.36. The molecule has 17 heavy (non-hydrogen) atoms. The number of rotatable bonds is 2. The van der Waals surface area contributed by atoms with Crippen LogP contribution in [0, 0.1) is 0 Å². The van der Waals surface area contributed by atoms with Gasteiger partial charge in [0.1, 0.15) is 0 Å². The van der Waals surface area contributed by atoms with Crippen LogP contribution < -0.4 is 11.2 Å². The van der Waals surface area contributed by atoms with Crippen molar-refractivity contribution in [1.82, 2.24) is 5.43 Å². The first kappa shape index (κ1) is 11.1. The number of amides is 2. The number of fused-ring (bicyclic) bond motifs is 1. The van der Waals surface area contributed by atoms with Crippen LogP contribution in [0.1, 0.15) is 12.5 Å². The number of nitrogens with one attached hydrogen (secondary N) is 1. The molecule has 0 aromatic heterocycles. The molecule has 2 amide bonds. The maximum absolute atomic E-state index is 10.6. The lowest BCUT2D eigenvalue weighted by molar-refractivity contribution is 0.249. The average molecular weight is 227 g/mol. The number of urea groups is 1. The minimum atomic E-state index is -0.662. The number of primary amides is 1. The van der Waals surface area contributed by atoms with E-state index in [0.717, 1.165) is 16.7 Å². The van der Waals surface area contributed by atoms with Gasteiger partial charge in [-0.15, -0.1) is 0 Å². The predicted molar refractivity (Wildman–Crippen MR) is 68.9 cm³/mol. The summed E-state index contributed by atoms with van der Waals surface area (Å²) in [7, 11) is 0. The lowest BCUT2D eigenvalue weighted by atomic mass is 10.0. The summed E-state index contributed by atoms with van der Waals surface area (Å²) >= 11 is 0. The highest BCUT2D eigenvalue weighted by Gasteiger charge is 1.99. The van der Waals surface area contributed by atoms with Gasteiger partial charge in [-0.25, -0.2) is 10.2 Å². The Hall–Kier alpha value is -2.36. The molecule has 0 aliphatic heterocycles. The van der Waals surface area contributed by atoms with Gasteiger partial charge < -0.3 is 5.73 Å². The molecule has 2 aromatic rings. The fourth-order valence-electron chi connectivity index (χ4n) is 1.62. The van der Waals surface area contributed by atoms with E-state index in [-0.39, 0.29) is 0 Å². The third kappa shape index (κ3) is 2.60. The summed E-state index contributed by atoms with van der Waals surface area (Å²) < 4.78 is 0. The van der Waals surface area contributed by atoms with Gasteiger partial charge in [0.15, 0.2) is 0 Å². The Bertz CT molecular complexity index is 590. The standard InChI is InChI=1S/C13H13N3O/c1-9(15-16-13(14)17)11-7-6-10-4-2-3-5-12(10)8-11/h2-8H,1H3,(H3,14,16,17)/b15-9+. The summed E-state index contributed by atoms with van der Waals surface area (Å²) in [6.07, 6.45) is 0. The molecular weight excluding hydrogens is 214 g/mol. The van der Waals surface area contributed by atoms with Crippen LogP contribution in [0.2, 0.25) is 0 Å². The van der Waals surface area contributed by atoms with Crippen LogP contribution in [-0.4, -0.2) is 11.7 Å². The first-order chi connectivity index (χ1) is 8.16. The summed E-state index contributed by atoms with van der Waals surface area (Å²) in [5.74, 6) is 0. The monoisotopic (exact) mass is 227 g/mol. The molecule has 0 saturated carbocycles. The van der Waals surface area contributed by atoms with E-state index in [1.807, 2.05) is 49.4 Å². The second-order valence-electron chi connectivity index (χ2n) is 3.74. The Morgan fingerprint density at radius 3 is 2.59 bits per heavy atom. The topological polar surface area (TPSA) is 67.5 Å². The first-order valence-corrected chi connectivity index (χ1v) is 5.26. The highest BCUT2D eigenvalue weighted by atomic mass is 16.2. The molecule has 0 unspecified atom stereocenters. The van der Waals surface area contributed by atoms with Crippen LogP contribution >= 0.6 is 0 Å². The molecular formula is C13H13N3O. The number of carbonyl (C=O) groups excluding carboxylic acids is 1. The fraction of sp³-hybridized carbons (Fsp3) is 0.0769. The van der Waals surface area contributed by atoms with Gasteiger partial charge in [0.25, 0.3) is 0 Å². The van der Waals surface area contributed by atoms with Crippen LogP contribution in [0.25, 0.3) is 10.8 Å². The van der Waals surface area contributed by atoms with Crippen molar-refractivity contribution in [2.24, 2.45) is 10.8 Å². The van der Waals surface area contributed by atoms with Gasteiger partial charge in [0, 0.05) is 0 Å². The third-order valence-electron chi connectivity index (χ3n) is 2.50. The zero-order valence-corrected chi connectivity index (χ0v) is 9.47. The molecule has 0 aliphatic carbocycles. The SMILES string of the molecule is C/C(=N\NC(N)=O)c1ccc2ccccc2c1.